The second-order valence-electron chi connectivity index (χ2n) is 3.65. The van der Waals surface area contributed by atoms with Crippen molar-refractivity contribution >= 4 is 11.9 Å². The number of carbonyl (C=O) groups is 1. The number of hydrogen-bond acceptors (Lipinski definition) is 4. The van der Waals surface area contributed by atoms with Crippen LogP contribution >= 0.6 is 0 Å². The lowest BCUT2D eigenvalue weighted by molar-refractivity contribution is 0.193. The number of carboxylic acid groups (broad SMARTS) is 1. The number of nitrogens with zero attached hydrogens (tertiary/aromatic N) is 2. The summed E-state index contributed by atoms with van der Waals surface area (Å²) in [4.78, 5) is 16.3. The van der Waals surface area contributed by atoms with Crippen molar-refractivity contribution in [1.29, 1.82) is 0 Å². The molecule has 1 heterocycles. The Morgan fingerprint density at radius 3 is 3.00 bits per heavy atom. The fourth-order valence-electron chi connectivity index (χ4n) is 1.28. The van der Waals surface area contributed by atoms with Crippen LogP contribution in [0.5, 0.6) is 5.75 Å². The van der Waals surface area contributed by atoms with E-state index in [-0.39, 0.29) is 0 Å². The number of anilines is 1. The molecule has 0 aromatic carbocycles. The fraction of sp³-hybridized carbons (Fsp3) is 0.455. The second kappa shape index (κ2) is 6.57. The molecule has 0 bridgehead atoms. The SMILES string of the molecule is CN(C)c1ncccc1OCCCNC(=O)O. The molecule has 1 amide bonds. The van der Waals surface area contributed by atoms with E-state index in [1.54, 1.807) is 12.3 Å². The quantitative estimate of drug-likeness (QED) is 0.729. The summed E-state index contributed by atoms with van der Waals surface area (Å²) in [6, 6.07) is 3.64. The lowest BCUT2D eigenvalue weighted by Gasteiger charge is -2.16. The van der Waals surface area contributed by atoms with Gasteiger partial charge in [0.05, 0.1) is 6.61 Å². The van der Waals surface area contributed by atoms with Crippen LogP contribution in [0.25, 0.3) is 0 Å². The Kier molecular flexibility index (Phi) is 5.06. The molecular formula is C11H17N3O3. The third-order valence-electron chi connectivity index (χ3n) is 2.03. The predicted octanol–water partition coefficient (Wildman–Crippen LogP) is 1.18. The Morgan fingerprint density at radius 2 is 2.35 bits per heavy atom. The first kappa shape index (κ1) is 13.1. The van der Waals surface area contributed by atoms with E-state index in [9.17, 15) is 4.79 Å². The number of amides is 1. The minimum atomic E-state index is -1.01. The topological polar surface area (TPSA) is 74.7 Å². The van der Waals surface area contributed by atoms with Crippen LogP contribution in [0.15, 0.2) is 18.3 Å². The Bertz CT molecular complexity index is 369. The summed E-state index contributed by atoms with van der Waals surface area (Å²) >= 11 is 0. The monoisotopic (exact) mass is 239 g/mol. The summed E-state index contributed by atoms with van der Waals surface area (Å²) < 4.78 is 5.54. The molecular weight excluding hydrogens is 222 g/mol. The van der Waals surface area contributed by atoms with Crippen LogP contribution in [0.2, 0.25) is 0 Å². The predicted molar refractivity (Wildman–Crippen MR) is 64.7 cm³/mol. The second-order valence-corrected chi connectivity index (χ2v) is 3.65. The van der Waals surface area contributed by atoms with Crippen molar-refractivity contribution in [2.45, 2.75) is 6.42 Å². The highest BCUT2D eigenvalue weighted by molar-refractivity contribution is 5.64. The number of nitrogens with one attached hydrogen (secondary N) is 1. The lowest BCUT2D eigenvalue weighted by Crippen LogP contribution is -2.23. The van der Waals surface area contributed by atoms with Crippen molar-refractivity contribution in [1.82, 2.24) is 10.3 Å². The normalized spacial score (nSPS) is 9.76. The molecule has 0 saturated heterocycles. The van der Waals surface area contributed by atoms with Gasteiger partial charge < -0.3 is 20.1 Å². The van der Waals surface area contributed by atoms with Crippen LogP contribution < -0.4 is 15.0 Å². The zero-order valence-corrected chi connectivity index (χ0v) is 10.0. The first-order chi connectivity index (χ1) is 8.11. The van der Waals surface area contributed by atoms with E-state index in [4.69, 9.17) is 9.84 Å². The number of pyridine rings is 1. The average Bonchev–Trinajstić information content (AvgIpc) is 2.28. The molecule has 0 unspecified atom stereocenters. The third kappa shape index (κ3) is 4.58. The van der Waals surface area contributed by atoms with Crippen molar-refractivity contribution < 1.29 is 14.6 Å². The maximum absolute atomic E-state index is 10.2. The maximum Gasteiger partial charge on any atom is 0.404 e. The van der Waals surface area contributed by atoms with Crippen molar-refractivity contribution in [3.05, 3.63) is 18.3 Å². The van der Waals surface area contributed by atoms with Gasteiger partial charge in [-0.3, -0.25) is 0 Å². The Labute approximate surface area is 100 Å². The van der Waals surface area contributed by atoms with E-state index in [1.807, 2.05) is 25.1 Å². The van der Waals surface area contributed by atoms with Crippen LogP contribution in [-0.2, 0) is 0 Å². The highest BCUT2D eigenvalue weighted by Crippen LogP contribution is 2.22. The smallest absolute Gasteiger partial charge is 0.404 e. The zero-order valence-electron chi connectivity index (χ0n) is 10.0. The molecule has 94 valence electrons. The molecule has 0 saturated carbocycles. The summed E-state index contributed by atoms with van der Waals surface area (Å²) in [5.74, 6) is 1.46. The average molecular weight is 239 g/mol. The summed E-state index contributed by atoms with van der Waals surface area (Å²) in [5.41, 5.74) is 0. The molecule has 17 heavy (non-hydrogen) atoms. The highest BCUT2D eigenvalue weighted by Gasteiger charge is 2.05. The molecule has 0 spiro atoms. The number of ether oxygens (including phenoxy) is 1. The van der Waals surface area contributed by atoms with E-state index in [2.05, 4.69) is 10.3 Å². The van der Waals surface area contributed by atoms with Crippen LogP contribution in [0.4, 0.5) is 10.6 Å². The van der Waals surface area contributed by atoms with Crippen molar-refractivity contribution in [2.75, 3.05) is 32.1 Å². The van der Waals surface area contributed by atoms with Gasteiger partial charge in [0.2, 0.25) is 0 Å². The molecule has 1 aromatic heterocycles. The van der Waals surface area contributed by atoms with E-state index in [0.717, 1.165) is 5.82 Å². The molecule has 6 nitrogen and oxygen atoms in total. The summed E-state index contributed by atoms with van der Waals surface area (Å²) in [6.07, 6.45) is 1.31. The maximum atomic E-state index is 10.2. The van der Waals surface area contributed by atoms with Gasteiger partial charge in [-0.2, -0.15) is 0 Å². The van der Waals surface area contributed by atoms with Crippen LogP contribution in [0.3, 0.4) is 0 Å². The molecule has 0 fully saturated rings. The fourth-order valence-corrected chi connectivity index (χ4v) is 1.28. The van der Waals surface area contributed by atoms with Gasteiger partial charge >= 0.3 is 6.09 Å². The lowest BCUT2D eigenvalue weighted by atomic mass is 10.4. The molecule has 0 aliphatic carbocycles. The standard InChI is InChI=1S/C11H17N3O3/c1-14(2)10-9(5-3-6-12-10)17-8-4-7-13-11(15)16/h3,5-6,13H,4,7-8H2,1-2H3,(H,15,16). The van der Waals surface area contributed by atoms with Gasteiger partial charge in [-0.1, -0.05) is 0 Å². The van der Waals surface area contributed by atoms with E-state index >= 15 is 0 Å². The van der Waals surface area contributed by atoms with E-state index < -0.39 is 6.09 Å². The Balaban J connectivity index is 2.38. The first-order valence-electron chi connectivity index (χ1n) is 5.33. The van der Waals surface area contributed by atoms with E-state index in [0.29, 0.717) is 25.3 Å². The third-order valence-corrected chi connectivity index (χ3v) is 2.03. The number of rotatable bonds is 6. The molecule has 0 atom stereocenters. The highest BCUT2D eigenvalue weighted by atomic mass is 16.5. The Morgan fingerprint density at radius 1 is 1.59 bits per heavy atom. The van der Waals surface area contributed by atoms with Crippen LogP contribution in [0.1, 0.15) is 6.42 Å². The molecule has 0 aliphatic heterocycles. The van der Waals surface area contributed by atoms with Crippen molar-refractivity contribution in [3.63, 3.8) is 0 Å². The summed E-state index contributed by atoms with van der Waals surface area (Å²) in [5, 5.41) is 10.7. The summed E-state index contributed by atoms with van der Waals surface area (Å²) in [7, 11) is 3.78. The molecule has 6 heteroatoms. The van der Waals surface area contributed by atoms with Gasteiger partial charge in [0.25, 0.3) is 0 Å². The van der Waals surface area contributed by atoms with Gasteiger partial charge in [0.15, 0.2) is 11.6 Å². The molecule has 1 rings (SSSR count). The molecule has 1 aromatic rings. The van der Waals surface area contributed by atoms with Gasteiger partial charge in [0.1, 0.15) is 0 Å². The van der Waals surface area contributed by atoms with Crippen molar-refractivity contribution in [2.24, 2.45) is 0 Å². The van der Waals surface area contributed by atoms with Gasteiger partial charge in [-0.25, -0.2) is 9.78 Å². The number of aromatic nitrogens is 1. The molecule has 0 radical (unpaired) electrons. The minimum Gasteiger partial charge on any atom is -0.490 e. The zero-order chi connectivity index (χ0) is 12.7. The van der Waals surface area contributed by atoms with Gasteiger partial charge in [-0.15, -0.1) is 0 Å². The van der Waals surface area contributed by atoms with Gasteiger partial charge in [-0.05, 0) is 18.6 Å². The van der Waals surface area contributed by atoms with Crippen LogP contribution in [-0.4, -0.2) is 43.4 Å². The Hall–Kier alpha value is -1.98. The first-order valence-corrected chi connectivity index (χ1v) is 5.33. The van der Waals surface area contributed by atoms with Gasteiger partial charge in [0, 0.05) is 26.8 Å². The number of hydrogen-bond donors (Lipinski definition) is 2. The van der Waals surface area contributed by atoms with Crippen molar-refractivity contribution in [3.8, 4) is 5.75 Å². The minimum absolute atomic E-state index is 0.382. The van der Waals surface area contributed by atoms with Crippen LogP contribution in [0, 0.1) is 0 Å². The van der Waals surface area contributed by atoms with E-state index in [1.165, 1.54) is 0 Å². The largest absolute Gasteiger partial charge is 0.490 e. The molecule has 0 aliphatic rings. The summed E-state index contributed by atoms with van der Waals surface area (Å²) in [6.45, 7) is 0.833. The molecule has 2 N–H and O–H groups in total.